The molecule has 0 radical (unpaired) electrons. The first-order valence-electron chi connectivity index (χ1n) is 13.0. The van der Waals surface area contributed by atoms with Gasteiger partial charge in [-0.25, -0.2) is 4.79 Å². The van der Waals surface area contributed by atoms with E-state index in [4.69, 9.17) is 9.47 Å². The van der Waals surface area contributed by atoms with Gasteiger partial charge in [-0.2, -0.15) is 21.6 Å². The number of carbonyl (C=O) groups excluding carboxylic acids is 1. The average molecular weight is 598 g/mol. The summed E-state index contributed by atoms with van der Waals surface area (Å²) in [5.41, 5.74) is -3.98. The van der Waals surface area contributed by atoms with Crippen LogP contribution in [-0.4, -0.2) is 92.3 Å². The fraction of sp³-hybridized carbons (Fsp3) is 0.444. The summed E-state index contributed by atoms with van der Waals surface area (Å²) in [5.74, 6) is -0.438. The number of β-amino-alcohol motifs (C(OH)–C–C–N with tert-alkyl or cyclic N) is 1. The van der Waals surface area contributed by atoms with E-state index in [-0.39, 0.29) is 6.54 Å². The van der Waals surface area contributed by atoms with Crippen molar-refractivity contribution >= 4 is 27.0 Å². The van der Waals surface area contributed by atoms with Gasteiger partial charge in [0.25, 0.3) is 0 Å². The van der Waals surface area contributed by atoms with E-state index in [0.717, 1.165) is 17.0 Å². The van der Waals surface area contributed by atoms with E-state index in [1.807, 2.05) is 35.2 Å². The van der Waals surface area contributed by atoms with E-state index in [9.17, 15) is 31.5 Å². The third-order valence-corrected chi connectivity index (χ3v) is 8.66. The molecule has 222 valence electrons. The van der Waals surface area contributed by atoms with Crippen LogP contribution in [-0.2, 0) is 31.6 Å². The minimum atomic E-state index is -5.82. The molecule has 2 aliphatic heterocycles. The van der Waals surface area contributed by atoms with E-state index in [1.165, 1.54) is 25.3 Å². The number of nitrogens with one attached hydrogen (secondary N) is 1. The smallest absolute Gasteiger partial charge is 0.492 e. The molecule has 14 heteroatoms. The van der Waals surface area contributed by atoms with Gasteiger partial charge in [-0.1, -0.05) is 18.2 Å². The first-order valence-corrected chi connectivity index (χ1v) is 14.4. The van der Waals surface area contributed by atoms with E-state index in [0.29, 0.717) is 56.5 Å². The van der Waals surface area contributed by atoms with Crippen LogP contribution in [0.1, 0.15) is 17.7 Å². The lowest BCUT2D eigenvalue weighted by molar-refractivity contribution is -0.152. The standard InChI is InChI=1S/C27H30F3N3O7S/c1-38-25(35)23(34)16-33-11-9-20-21-15-19(40-41(36,37)27(28,29)30)7-8-22(21)31-24(20)26(33)10-12-32(17-26)13-14-39-18-5-3-2-4-6-18/h2-8,15,23,31,34H,9-14,16-17H2,1H3/t23-,26?/m1/s1. The molecule has 2 N–H and O–H groups in total. The Labute approximate surface area is 234 Å². The van der Waals surface area contributed by atoms with Crippen LogP contribution >= 0.6 is 0 Å². The lowest BCUT2D eigenvalue weighted by Crippen LogP contribution is -2.55. The van der Waals surface area contributed by atoms with Crippen LogP contribution in [0.4, 0.5) is 13.2 Å². The van der Waals surface area contributed by atoms with Gasteiger partial charge in [-0.15, -0.1) is 0 Å². The minimum absolute atomic E-state index is 0.0218. The number of methoxy groups -OCH3 is 1. The third kappa shape index (κ3) is 5.73. The Morgan fingerprint density at radius 2 is 1.90 bits per heavy atom. The molecule has 41 heavy (non-hydrogen) atoms. The Hall–Kier alpha value is -3.33. The molecule has 5 rings (SSSR count). The minimum Gasteiger partial charge on any atom is -0.492 e. The molecule has 1 saturated heterocycles. The number of ether oxygens (including phenoxy) is 2. The number of alkyl halides is 3. The van der Waals surface area contributed by atoms with Crippen LogP contribution in [0.3, 0.4) is 0 Å². The Balaban J connectivity index is 1.44. The summed E-state index contributed by atoms with van der Waals surface area (Å²) in [5, 5.41) is 11.1. The molecule has 10 nitrogen and oxygen atoms in total. The van der Waals surface area contributed by atoms with Gasteiger partial charge in [0.2, 0.25) is 0 Å². The number of hydrogen-bond acceptors (Lipinski definition) is 9. The number of benzene rings is 2. The Morgan fingerprint density at radius 1 is 1.15 bits per heavy atom. The summed E-state index contributed by atoms with van der Waals surface area (Å²) >= 11 is 0. The van der Waals surface area contributed by atoms with Crippen molar-refractivity contribution < 1.29 is 45.1 Å². The number of aromatic nitrogens is 1. The quantitative estimate of drug-likeness (QED) is 0.218. The van der Waals surface area contributed by atoms with Crippen molar-refractivity contribution in [3.63, 3.8) is 0 Å². The highest BCUT2D eigenvalue weighted by Crippen LogP contribution is 2.45. The largest absolute Gasteiger partial charge is 0.534 e. The number of likely N-dealkylation sites (tertiary alicyclic amines) is 1. The topological polar surface area (TPSA) is 121 Å². The average Bonchev–Trinajstić information content (AvgIpc) is 3.52. The molecule has 2 aliphatic rings. The van der Waals surface area contributed by atoms with E-state index in [2.05, 4.69) is 14.1 Å². The molecule has 1 spiro atoms. The van der Waals surface area contributed by atoms with Gasteiger partial charge in [-0.05, 0) is 48.7 Å². The molecule has 0 aliphatic carbocycles. The maximum atomic E-state index is 12.9. The zero-order valence-corrected chi connectivity index (χ0v) is 23.0. The number of fused-ring (bicyclic) bond motifs is 4. The van der Waals surface area contributed by atoms with Crippen LogP contribution in [0, 0.1) is 0 Å². The molecule has 0 amide bonds. The number of nitrogens with zero attached hydrogens (tertiary/aromatic N) is 2. The van der Waals surface area contributed by atoms with Gasteiger partial charge < -0.3 is 23.7 Å². The summed E-state index contributed by atoms with van der Waals surface area (Å²) < 4.78 is 76.9. The fourth-order valence-corrected chi connectivity index (χ4v) is 6.20. The Bertz CT molecular complexity index is 1510. The Morgan fingerprint density at radius 3 is 2.61 bits per heavy atom. The maximum absolute atomic E-state index is 12.9. The first-order chi connectivity index (χ1) is 19.4. The molecule has 0 bridgehead atoms. The summed E-state index contributed by atoms with van der Waals surface area (Å²) in [6, 6.07) is 13.4. The number of H-pyrrole nitrogens is 1. The fourth-order valence-electron chi connectivity index (χ4n) is 5.75. The number of aromatic amines is 1. The van der Waals surface area contributed by atoms with Gasteiger partial charge in [0, 0.05) is 49.3 Å². The van der Waals surface area contributed by atoms with Crippen LogP contribution in [0.5, 0.6) is 11.5 Å². The number of carbonyl (C=O) groups is 1. The zero-order chi connectivity index (χ0) is 29.4. The van der Waals surface area contributed by atoms with Crippen molar-refractivity contribution in [3.05, 3.63) is 59.8 Å². The number of aliphatic hydroxyl groups excluding tert-OH is 1. The molecule has 1 aromatic heterocycles. The second-order valence-electron chi connectivity index (χ2n) is 10.1. The first kappa shape index (κ1) is 29.2. The van der Waals surface area contributed by atoms with Crippen molar-refractivity contribution in [1.29, 1.82) is 0 Å². The zero-order valence-electron chi connectivity index (χ0n) is 22.2. The highest BCUT2D eigenvalue weighted by atomic mass is 32.2. The number of halogens is 3. The normalized spacial score (nSPS) is 20.7. The summed E-state index contributed by atoms with van der Waals surface area (Å²) in [7, 11) is -4.62. The van der Waals surface area contributed by atoms with Crippen LogP contribution < -0.4 is 8.92 Å². The van der Waals surface area contributed by atoms with Gasteiger partial charge in [0.05, 0.1) is 12.6 Å². The summed E-state index contributed by atoms with van der Waals surface area (Å²) in [4.78, 5) is 19.7. The second-order valence-corrected chi connectivity index (χ2v) is 11.7. The third-order valence-electron chi connectivity index (χ3n) is 7.68. The number of aliphatic hydroxyl groups is 1. The maximum Gasteiger partial charge on any atom is 0.534 e. The highest BCUT2D eigenvalue weighted by Gasteiger charge is 2.50. The summed E-state index contributed by atoms with van der Waals surface area (Å²) in [6.45, 7) is 2.74. The lowest BCUT2D eigenvalue weighted by atomic mass is 9.83. The van der Waals surface area contributed by atoms with Crippen LogP contribution in [0.25, 0.3) is 10.9 Å². The predicted molar refractivity (Wildman–Crippen MR) is 142 cm³/mol. The van der Waals surface area contributed by atoms with Crippen LogP contribution in [0.2, 0.25) is 0 Å². The highest BCUT2D eigenvalue weighted by molar-refractivity contribution is 7.88. The van der Waals surface area contributed by atoms with Crippen molar-refractivity contribution in [2.45, 2.75) is 30.0 Å². The molecular weight excluding hydrogens is 567 g/mol. The Kier molecular flexibility index (Phi) is 7.94. The van der Waals surface area contributed by atoms with E-state index >= 15 is 0 Å². The second kappa shape index (κ2) is 11.2. The molecule has 3 aromatic rings. The molecule has 1 unspecified atom stereocenters. The van der Waals surface area contributed by atoms with E-state index in [1.54, 1.807) is 0 Å². The molecular formula is C27H30F3N3O7S. The van der Waals surface area contributed by atoms with Crippen molar-refractivity contribution in [3.8, 4) is 11.5 Å². The van der Waals surface area contributed by atoms with Gasteiger partial charge in [0.15, 0.2) is 6.10 Å². The van der Waals surface area contributed by atoms with Gasteiger partial charge in [-0.3, -0.25) is 9.80 Å². The molecule has 0 saturated carbocycles. The van der Waals surface area contributed by atoms with Crippen molar-refractivity contribution in [2.75, 3.05) is 46.4 Å². The van der Waals surface area contributed by atoms with Gasteiger partial charge in [0.1, 0.15) is 18.1 Å². The number of hydrogen-bond donors (Lipinski definition) is 2. The molecule has 1 fully saturated rings. The predicted octanol–water partition coefficient (Wildman–Crippen LogP) is 2.77. The van der Waals surface area contributed by atoms with Gasteiger partial charge >= 0.3 is 21.6 Å². The van der Waals surface area contributed by atoms with Crippen LogP contribution in [0.15, 0.2) is 48.5 Å². The lowest BCUT2D eigenvalue weighted by Gasteiger charge is -2.45. The summed E-state index contributed by atoms with van der Waals surface area (Å²) in [6.07, 6.45) is -0.291. The van der Waals surface area contributed by atoms with Crippen molar-refractivity contribution in [2.24, 2.45) is 0 Å². The molecule has 2 aromatic carbocycles. The number of para-hydroxylation sites is 1. The van der Waals surface area contributed by atoms with Crippen molar-refractivity contribution in [1.82, 2.24) is 14.8 Å². The molecule has 3 heterocycles. The number of esters is 1. The SMILES string of the molecule is COC(=O)[C@H](O)CN1CCc2c([nH]c3ccc(OS(=O)(=O)C(F)(F)F)cc23)C12CCN(CCOc1ccccc1)C2. The van der Waals surface area contributed by atoms with E-state index < -0.39 is 39.0 Å². The molecule has 2 atom stereocenters. The number of rotatable bonds is 9. The monoisotopic (exact) mass is 597 g/mol.